The van der Waals surface area contributed by atoms with Crippen LogP contribution in [0.15, 0.2) is 82.1 Å². The molecule has 1 unspecified atom stereocenters. The molecule has 0 radical (unpaired) electrons. The van der Waals surface area contributed by atoms with E-state index in [1.807, 2.05) is 87.5 Å². The van der Waals surface area contributed by atoms with Gasteiger partial charge in [0.25, 0.3) is 5.56 Å². The molecule has 1 N–H and O–H groups in total. The minimum atomic E-state index is -0.464. The van der Waals surface area contributed by atoms with Crippen LogP contribution in [0.25, 0.3) is 16.6 Å². The summed E-state index contributed by atoms with van der Waals surface area (Å²) >= 11 is 3.47. The van der Waals surface area contributed by atoms with E-state index in [9.17, 15) is 9.59 Å². The van der Waals surface area contributed by atoms with E-state index in [2.05, 4.69) is 21.2 Å². The number of aryl methyl sites for hydroxylation is 1. The molecule has 6 nitrogen and oxygen atoms in total. The fourth-order valence-corrected chi connectivity index (χ4v) is 4.34. The largest absolute Gasteiger partial charge is 0.322 e. The van der Waals surface area contributed by atoms with Crippen molar-refractivity contribution >= 4 is 38.6 Å². The number of amides is 2. The van der Waals surface area contributed by atoms with Crippen molar-refractivity contribution in [1.82, 2.24) is 14.5 Å². The maximum atomic E-state index is 13.6. The van der Waals surface area contributed by atoms with Crippen LogP contribution in [0.1, 0.15) is 31.3 Å². The number of fused-ring (bicyclic) bond motifs is 1. The summed E-state index contributed by atoms with van der Waals surface area (Å²) in [5, 5.41) is 3.50. The van der Waals surface area contributed by atoms with Crippen molar-refractivity contribution in [3.8, 4) is 5.69 Å². The number of halogens is 1. The molecule has 0 aliphatic rings. The lowest BCUT2D eigenvalue weighted by molar-refractivity contribution is 0.193. The van der Waals surface area contributed by atoms with E-state index < -0.39 is 6.04 Å². The number of rotatable bonds is 5. The molecule has 0 spiro atoms. The highest BCUT2D eigenvalue weighted by Gasteiger charge is 2.26. The van der Waals surface area contributed by atoms with Crippen LogP contribution in [0.2, 0.25) is 0 Å². The number of benzene rings is 3. The number of carbonyl (C=O) groups excluding carboxylic acids is 1. The summed E-state index contributed by atoms with van der Waals surface area (Å²) in [6.07, 6.45) is 0. The lowest BCUT2D eigenvalue weighted by Gasteiger charge is -2.30. The predicted molar refractivity (Wildman–Crippen MR) is 136 cm³/mol. The molecule has 0 saturated heterocycles. The highest BCUT2D eigenvalue weighted by molar-refractivity contribution is 9.10. The lowest BCUT2D eigenvalue weighted by atomic mass is 10.1. The van der Waals surface area contributed by atoms with E-state index in [0.29, 0.717) is 29.0 Å². The third-order valence-corrected chi connectivity index (χ3v) is 6.41. The van der Waals surface area contributed by atoms with Crippen molar-refractivity contribution < 1.29 is 4.79 Å². The molecule has 1 heterocycles. The third-order valence-electron chi connectivity index (χ3n) is 5.72. The Kier molecular flexibility index (Phi) is 6.60. The zero-order valence-corrected chi connectivity index (χ0v) is 20.3. The number of urea groups is 1. The van der Waals surface area contributed by atoms with Crippen LogP contribution in [-0.4, -0.2) is 27.0 Å². The maximum absolute atomic E-state index is 13.6. The van der Waals surface area contributed by atoms with Crippen LogP contribution in [0, 0.1) is 6.92 Å². The van der Waals surface area contributed by atoms with E-state index in [4.69, 9.17) is 4.98 Å². The van der Waals surface area contributed by atoms with Gasteiger partial charge in [0.2, 0.25) is 0 Å². The molecule has 4 aromatic rings. The number of nitrogens with zero attached hydrogens (tertiary/aromatic N) is 3. The fourth-order valence-electron chi connectivity index (χ4n) is 3.96. The molecule has 168 valence electrons. The van der Waals surface area contributed by atoms with Crippen LogP contribution < -0.4 is 10.9 Å². The van der Waals surface area contributed by atoms with Gasteiger partial charge in [0.15, 0.2) is 0 Å². The molecule has 1 aromatic heterocycles. The molecule has 7 heteroatoms. The van der Waals surface area contributed by atoms with Crippen LogP contribution in [0.5, 0.6) is 0 Å². The van der Waals surface area contributed by atoms with Gasteiger partial charge in [-0.15, -0.1) is 0 Å². The number of para-hydroxylation sites is 3. The molecule has 0 fully saturated rings. The first-order valence-corrected chi connectivity index (χ1v) is 11.6. The Morgan fingerprint density at radius 1 is 1.06 bits per heavy atom. The van der Waals surface area contributed by atoms with Gasteiger partial charge >= 0.3 is 6.03 Å². The molecule has 4 rings (SSSR count). The summed E-state index contributed by atoms with van der Waals surface area (Å²) in [5.41, 5.74) is 2.84. The van der Waals surface area contributed by atoms with Crippen LogP contribution >= 0.6 is 15.9 Å². The molecule has 33 heavy (non-hydrogen) atoms. The van der Waals surface area contributed by atoms with Crippen molar-refractivity contribution in [3.05, 3.63) is 99.0 Å². The molecule has 0 bridgehead atoms. The van der Waals surface area contributed by atoms with Crippen molar-refractivity contribution in [2.24, 2.45) is 0 Å². The highest BCUT2D eigenvalue weighted by Crippen LogP contribution is 2.26. The smallest absolute Gasteiger partial charge is 0.315 e. The fraction of sp³-hybridized carbons (Fsp3) is 0.192. The highest BCUT2D eigenvalue weighted by atomic mass is 79.9. The summed E-state index contributed by atoms with van der Waals surface area (Å²) in [5.74, 6) is 0.511. The van der Waals surface area contributed by atoms with Gasteiger partial charge in [0.1, 0.15) is 5.82 Å². The average Bonchev–Trinajstić information content (AvgIpc) is 2.81. The van der Waals surface area contributed by atoms with E-state index >= 15 is 0 Å². The molecule has 0 aliphatic carbocycles. The van der Waals surface area contributed by atoms with Crippen molar-refractivity contribution in [1.29, 1.82) is 0 Å². The molecular formula is C26H25BrN4O2. The topological polar surface area (TPSA) is 67.2 Å². The first-order chi connectivity index (χ1) is 15.9. The lowest BCUT2D eigenvalue weighted by Crippen LogP contribution is -2.39. The number of hydrogen-bond donors (Lipinski definition) is 1. The number of carbonyl (C=O) groups is 1. The summed E-state index contributed by atoms with van der Waals surface area (Å²) in [6, 6.07) is 21.7. The summed E-state index contributed by atoms with van der Waals surface area (Å²) in [4.78, 5) is 33.4. The van der Waals surface area contributed by atoms with Crippen molar-refractivity contribution in [2.75, 3.05) is 11.9 Å². The van der Waals surface area contributed by atoms with Crippen LogP contribution in [0.4, 0.5) is 10.5 Å². The SMILES string of the molecule is CCN(C(=O)Nc1ccccc1Br)C(C)c1nc2ccccc2c(=O)n1-c1ccccc1C. The molecule has 0 aliphatic heterocycles. The van der Waals surface area contributed by atoms with Crippen molar-refractivity contribution in [2.45, 2.75) is 26.8 Å². The van der Waals surface area contributed by atoms with Gasteiger partial charge < -0.3 is 10.2 Å². The minimum Gasteiger partial charge on any atom is -0.315 e. The second-order valence-corrected chi connectivity index (χ2v) is 8.64. The number of nitrogens with one attached hydrogen (secondary N) is 1. The normalized spacial score (nSPS) is 11.9. The average molecular weight is 505 g/mol. The van der Waals surface area contributed by atoms with E-state index in [-0.39, 0.29) is 11.6 Å². The quantitative estimate of drug-likeness (QED) is 0.358. The Labute approximate surface area is 201 Å². The van der Waals surface area contributed by atoms with Gasteiger partial charge in [-0.1, -0.05) is 42.5 Å². The van der Waals surface area contributed by atoms with Gasteiger partial charge in [-0.3, -0.25) is 9.36 Å². The Morgan fingerprint density at radius 2 is 1.73 bits per heavy atom. The third kappa shape index (κ3) is 4.41. The van der Waals surface area contributed by atoms with Crippen LogP contribution in [0.3, 0.4) is 0 Å². The summed E-state index contributed by atoms with van der Waals surface area (Å²) in [7, 11) is 0. The Morgan fingerprint density at radius 3 is 2.45 bits per heavy atom. The number of hydrogen-bond acceptors (Lipinski definition) is 3. The first kappa shape index (κ1) is 22.7. The standard InChI is InChI=1S/C26H25BrN4O2/c1-4-30(26(33)29-22-15-9-7-13-20(22)27)18(3)24-28-21-14-8-6-12-19(21)25(32)31(24)23-16-10-5-11-17(23)2/h5-16,18H,4H2,1-3H3,(H,29,33). The molecule has 1 atom stereocenters. The van der Waals surface area contributed by atoms with Gasteiger partial charge in [0, 0.05) is 11.0 Å². The summed E-state index contributed by atoms with van der Waals surface area (Å²) in [6.45, 7) is 6.21. The Bertz CT molecular complexity index is 1380. The molecule has 0 saturated carbocycles. The van der Waals surface area contributed by atoms with Crippen LogP contribution in [-0.2, 0) is 0 Å². The number of anilines is 1. The van der Waals surface area contributed by atoms with Gasteiger partial charge in [-0.25, -0.2) is 9.78 Å². The monoisotopic (exact) mass is 504 g/mol. The van der Waals surface area contributed by atoms with Gasteiger partial charge in [-0.2, -0.15) is 0 Å². The predicted octanol–water partition coefficient (Wildman–Crippen LogP) is 6.07. The minimum absolute atomic E-state index is 0.154. The van der Waals surface area contributed by atoms with E-state index in [1.54, 1.807) is 15.5 Å². The first-order valence-electron chi connectivity index (χ1n) is 10.8. The molecule has 2 amide bonds. The molecular weight excluding hydrogens is 480 g/mol. The Balaban J connectivity index is 1.84. The Hall–Kier alpha value is -3.45. The maximum Gasteiger partial charge on any atom is 0.322 e. The van der Waals surface area contributed by atoms with E-state index in [0.717, 1.165) is 15.7 Å². The zero-order valence-electron chi connectivity index (χ0n) is 18.7. The molecule has 3 aromatic carbocycles. The number of aromatic nitrogens is 2. The zero-order chi connectivity index (χ0) is 23.5. The second-order valence-electron chi connectivity index (χ2n) is 7.79. The second kappa shape index (κ2) is 9.58. The van der Waals surface area contributed by atoms with Gasteiger partial charge in [0.05, 0.1) is 28.3 Å². The van der Waals surface area contributed by atoms with E-state index in [1.165, 1.54) is 0 Å². The van der Waals surface area contributed by atoms with Crippen molar-refractivity contribution in [3.63, 3.8) is 0 Å². The van der Waals surface area contributed by atoms with Gasteiger partial charge in [-0.05, 0) is 72.6 Å². The summed E-state index contributed by atoms with van der Waals surface area (Å²) < 4.78 is 2.43.